The molecule has 2 nitrogen and oxygen atoms in total. The van der Waals surface area contributed by atoms with Gasteiger partial charge in [0.25, 0.3) is 0 Å². The van der Waals surface area contributed by atoms with Crippen molar-refractivity contribution in [1.82, 2.24) is 4.98 Å². The lowest BCUT2D eigenvalue weighted by Crippen LogP contribution is -1.81. The Morgan fingerprint density at radius 2 is 2.00 bits per heavy atom. The normalized spacial score (nSPS) is 11.1. The molecule has 0 saturated heterocycles. The molecule has 3 heteroatoms. The molecule has 2 N–H and O–H groups in total. The molecule has 0 aliphatic heterocycles. The maximum atomic E-state index is 5.76. The van der Waals surface area contributed by atoms with E-state index in [0.717, 1.165) is 5.69 Å². The van der Waals surface area contributed by atoms with Gasteiger partial charge in [-0.1, -0.05) is 0 Å². The highest BCUT2D eigenvalue weighted by Gasteiger charge is 2.03. The molecule has 68 valence electrons. The van der Waals surface area contributed by atoms with Crippen LogP contribution in [0.25, 0.3) is 20.2 Å². The highest BCUT2D eigenvalue weighted by Crippen LogP contribution is 2.33. The van der Waals surface area contributed by atoms with Crippen molar-refractivity contribution < 1.29 is 0 Å². The number of rotatable bonds is 0. The van der Waals surface area contributed by atoms with Gasteiger partial charge in [0.2, 0.25) is 0 Å². The van der Waals surface area contributed by atoms with Crippen molar-refractivity contribution >= 4 is 37.2 Å². The summed E-state index contributed by atoms with van der Waals surface area (Å²) in [4.78, 5) is 4.11. The van der Waals surface area contributed by atoms with E-state index in [1.165, 1.54) is 20.2 Å². The third-order valence-corrected chi connectivity index (χ3v) is 3.42. The van der Waals surface area contributed by atoms with Gasteiger partial charge in [0.15, 0.2) is 0 Å². The van der Waals surface area contributed by atoms with Gasteiger partial charge in [0, 0.05) is 33.6 Å². The van der Waals surface area contributed by atoms with Crippen LogP contribution in [0.5, 0.6) is 0 Å². The Balaban J connectivity index is 2.58. The predicted octanol–water partition coefficient (Wildman–Crippen LogP) is 3.03. The van der Waals surface area contributed by atoms with Crippen LogP contribution in [-0.4, -0.2) is 4.98 Å². The largest absolute Gasteiger partial charge is 0.399 e. The molecule has 1 aromatic carbocycles. The lowest BCUT2D eigenvalue weighted by molar-refractivity contribution is 1.37. The summed E-state index contributed by atoms with van der Waals surface area (Å²) < 4.78 is 2.48. The molecule has 0 spiro atoms. The molecule has 0 unspecified atom stereocenters. The lowest BCUT2D eigenvalue weighted by Gasteiger charge is -1.92. The van der Waals surface area contributed by atoms with Crippen LogP contribution in [-0.2, 0) is 0 Å². The highest BCUT2D eigenvalue weighted by atomic mass is 32.1. The van der Waals surface area contributed by atoms with Gasteiger partial charge in [-0.25, -0.2) is 0 Å². The number of benzene rings is 1. The maximum absolute atomic E-state index is 5.76. The highest BCUT2D eigenvalue weighted by molar-refractivity contribution is 7.25. The second kappa shape index (κ2) is 2.69. The minimum Gasteiger partial charge on any atom is -0.399 e. The second-order valence-corrected chi connectivity index (χ2v) is 4.31. The summed E-state index contributed by atoms with van der Waals surface area (Å²) in [5, 5.41) is 2.47. The average molecular weight is 200 g/mol. The number of pyridine rings is 1. The summed E-state index contributed by atoms with van der Waals surface area (Å²) in [6.45, 7) is 0. The first-order valence-corrected chi connectivity index (χ1v) is 5.18. The zero-order valence-corrected chi connectivity index (χ0v) is 8.21. The van der Waals surface area contributed by atoms with Crippen molar-refractivity contribution in [3.05, 3.63) is 36.7 Å². The quantitative estimate of drug-likeness (QED) is 0.566. The molecular weight excluding hydrogens is 192 g/mol. The summed E-state index contributed by atoms with van der Waals surface area (Å²) in [5.41, 5.74) is 6.58. The number of thiophene rings is 1. The van der Waals surface area contributed by atoms with Crippen LogP contribution >= 0.6 is 11.3 Å². The van der Waals surface area contributed by atoms with Crippen molar-refractivity contribution in [1.29, 1.82) is 0 Å². The number of anilines is 1. The van der Waals surface area contributed by atoms with Gasteiger partial charge in [0.05, 0.1) is 4.70 Å². The SMILES string of the molecule is Nc1ccc2sc3cnccc3c2c1. The van der Waals surface area contributed by atoms with Crippen LogP contribution in [0.4, 0.5) is 5.69 Å². The Labute approximate surface area is 85.0 Å². The standard InChI is InChI=1S/C11H8N2S/c12-7-1-2-10-9(5-7)8-3-4-13-6-11(8)14-10/h1-6H,12H2. The topological polar surface area (TPSA) is 38.9 Å². The third-order valence-electron chi connectivity index (χ3n) is 2.30. The molecule has 3 aromatic rings. The first-order valence-electron chi connectivity index (χ1n) is 4.36. The number of nitrogens with two attached hydrogens (primary N) is 1. The average Bonchev–Trinajstić information content (AvgIpc) is 2.56. The molecule has 3 rings (SSSR count). The van der Waals surface area contributed by atoms with Crippen LogP contribution in [0.1, 0.15) is 0 Å². The minimum atomic E-state index is 0.814. The van der Waals surface area contributed by atoms with E-state index in [-0.39, 0.29) is 0 Å². The molecule has 14 heavy (non-hydrogen) atoms. The van der Waals surface area contributed by atoms with Gasteiger partial charge in [0.1, 0.15) is 0 Å². The number of hydrogen-bond donors (Lipinski definition) is 1. The van der Waals surface area contributed by atoms with Crippen LogP contribution < -0.4 is 5.73 Å². The van der Waals surface area contributed by atoms with Gasteiger partial charge >= 0.3 is 0 Å². The van der Waals surface area contributed by atoms with Crippen molar-refractivity contribution in [3.63, 3.8) is 0 Å². The number of nitrogen functional groups attached to an aromatic ring is 1. The van der Waals surface area contributed by atoms with Gasteiger partial charge in [-0.2, -0.15) is 0 Å². The van der Waals surface area contributed by atoms with Crippen molar-refractivity contribution in [3.8, 4) is 0 Å². The summed E-state index contributed by atoms with van der Waals surface area (Å²) in [6.07, 6.45) is 3.72. The van der Waals surface area contributed by atoms with Gasteiger partial charge in [-0.3, -0.25) is 4.98 Å². The van der Waals surface area contributed by atoms with E-state index in [0.29, 0.717) is 0 Å². The molecule has 2 aromatic heterocycles. The second-order valence-electron chi connectivity index (χ2n) is 3.23. The van der Waals surface area contributed by atoms with E-state index in [1.54, 1.807) is 11.3 Å². The fourth-order valence-corrected chi connectivity index (χ4v) is 2.70. The molecule has 0 saturated carbocycles. The number of aromatic nitrogens is 1. The molecule has 0 radical (unpaired) electrons. The summed E-state index contributed by atoms with van der Waals surface area (Å²) in [5.74, 6) is 0. The molecule has 0 bridgehead atoms. The Bertz CT molecular complexity index is 613. The fraction of sp³-hybridized carbons (Fsp3) is 0. The lowest BCUT2D eigenvalue weighted by atomic mass is 10.2. The molecular formula is C11H8N2S. The van der Waals surface area contributed by atoms with E-state index in [4.69, 9.17) is 5.73 Å². The van der Waals surface area contributed by atoms with Crippen LogP contribution in [0, 0.1) is 0 Å². The van der Waals surface area contributed by atoms with Crippen molar-refractivity contribution in [2.45, 2.75) is 0 Å². The monoisotopic (exact) mass is 200 g/mol. The number of hydrogen-bond acceptors (Lipinski definition) is 3. The van der Waals surface area contributed by atoms with E-state index in [2.05, 4.69) is 11.1 Å². The molecule has 2 heterocycles. The molecule has 0 aliphatic rings. The van der Waals surface area contributed by atoms with E-state index < -0.39 is 0 Å². The summed E-state index contributed by atoms with van der Waals surface area (Å²) >= 11 is 1.75. The zero-order chi connectivity index (χ0) is 9.54. The van der Waals surface area contributed by atoms with Crippen LogP contribution in [0.2, 0.25) is 0 Å². The zero-order valence-electron chi connectivity index (χ0n) is 7.40. The summed E-state index contributed by atoms with van der Waals surface area (Å²) in [7, 11) is 0. The van der Waals surface area contributed by atoms with E-state index in [1.807, 2.05) is 30.6 Å². The number of nitrogens with zero attached hydrogens (tertiary/aromatic N) is 1. The Morgan fingerprint density at radius 3 is 2.93 bits per heavy atom. The predicted molar refractivity (Wildman–Crippen MR) is 61.5 cm³/mol. The van der Waals surface area contributed by atoms with Crippen LogP contribution in [0.3, 0.4) is 0 Å². The van der Waals surface area contributed by atoms with Gasteiger partial charge in [-0.15, -0.1) is 11.3 Å². The first kappa shape index (κ1) is 7.76. The molecule has 0 aliphatic carbocycles. The first-order chi connectivity index (χ1) is 6.84. The third kappa shape index (κ3) is 0.992. The molecule has 0 amide bonds. The number of fused-ring (bicyclic) bond motifs is 3. The Morgan fingerprint density at radius 1 is 1.07 bits per heavy atom. The van der Waals surface area contributed by atoms with Gasteiger partial charge < -0.3 is 5.73 Å². The van der Waals surface area contributed by atoms with E-state index in [9.17, 15) is 0 Å². The Kier molecular flexibility index (Phi) is 1.49. The smallest absolute Gasteiger partial charge is 0.0538 e. The maximum Gasteiger partial charge on any atom is 0.0538 e. The van der Waals surface area contributed by atoms with Gasteiger partial charge in [-0.05, 0) is 24.3 Å². The van der Waals surface area contributed by atoms with Crippen LogP contribution in [0.15, 0.2) is 36.7 Å². The van der Waals surface area contributed by atoms with Crippen molar-refractivity contribution in [2.24, 2.45) is 0 Å². The minimum absolute atomic E-state index is 0.814. The Hall–Kier alpha value is -1.61. The molecule has 0 fully saturated rings. The molecule has 0 atom stereocenters. The summed E-state index contributed by atoms with van der Waals surface area (Å²) in [6, 6.07) is 8.06. The fourth-order valence-electron chi connectivity index (χ4n) is 1.65. The van der Waals surface area contributed by atoms with Crippen molar-refractivity contribution in [2.75, 3.05) is 5.73 Å². The van der Waals surface area contributed by atoms with E-state index >= 15 is 0 Å².